The van der Waals surface area contributed by atoms with E-state index in [1.165, 1.54) is 18.5 Å². The van der Waals surface area contributed by atoms with E-state index < -0.39 is 0 Å². The number of aryl methyl sites for hydroxylation is 1. The number of halogens is 1. The van der Waals surface area contributed by atoms with Crippen LogP contribution in [0.5, 0.6) is 0 Å². The van der Waals surface area contributed by atoms with Gasteiger partial charge in [-0.1, -0.05) is 24.3 Å². The molecule has 0 bridgehead atoms. The van der Waals surface area contributed by atoms with Gasteiger partial charge in [-0.05, 0) is 36.8 Å². The van der Waals surface area contributed by atoms with Crippen molar-refractivity contribution in [2.45, 2.75) is 6.92 Å². The molecule has 3 aromatic rings. The van der Waals surface area contributed by atoms with Gasteiger partial charge in [0.25, 0.3) is 5.91 Å². The van der Waals surface area contributed by atoms with Gasteiger partial charge in [0, 0.05) is 44.3 Å². The van der Waals surface area contributed by atoms with Gasteiger partial charge < -0.3 is 15.1 Å². The van der Waals surface area contributed by atoms with Crippen molar-refractivity contribution in [3.63, 3.8) is 0 Å². The van der Waals surface area contributed by atoms with Crippen molar-refractivity contribution in [1.29, 1.82) is 0 Å². The number of hydrogen-bond acceptors (Lipinski definition) is 5. The van der Waals surface area contributed by atoms with Crippen molar-refractivity contribution in [3.8, 4) is 0 Å². The summed E-state index contributed by atoms with van der Waals surface area (Å²) in [5, 5.41) is 2.85. The van der Waals surface area contributed by atoms with Crippen molar-refractivity contribution < 1.29 is 9.18 Å². The summed E-state index contributed by atoms with van der Waals surface area (Å²) in [6.07, 6.45) is 3.08. The van der Waals surface area contributed by atoms with Crippen LogP contribution in [0.15, 0.2) is 60.9 Å². The Morgan fingerprint density at radius 2 is 1.66 bits per heavy atom. The molecule has 1 aliphatic rings. The van der Waals surface area contributed by atoms with Crippen molar-refractivity contribution in [2.75, 3.05) is 41.3 Å². The van der Waals surface area contributed by atoms with Crippen LogP contribution >= 0.6 is 0 Å². The van der Waals surface area contributed by atoms with Crippen LogP contribution in [-0.2, 0) is 0 Å². The minimum absolute atomic E-state index is 0.207. The number of piperazine rings is 1. The smallest absolute Gasteiger partial charge is 0.258 e. The summed E-state index contributed by atoms with van der Waals surface area (Å²) < 4.78 is 14.0. The predicted molar refractivity (Wildman–Crippen MR) is 112 cm³/mol. The molecular weight excluding hydrogens is 369 g/mol. The fourth-order valence-electron chi connectivity index (χ4n) is 3.38. The zero-order chi connectivity index (χ0) is 20.2. The van der Waals surface area contributed by atoms with Gasteiger partial charge in [0.15, 0.2) is 0 Å². The minimum atomic E-state index is -0.244. The molecule has 1 fully saturated rings. The molecule has 4 rings (SSSR count). The number of aromatic nitrogens is 2. The third-order valence-corrected chi connectivity index (χ3v) is 4.93. The number of hydrogen-bond donors (Lipinski definition) is 1. The largest absolute Gasteiger partial charge is 0.366 e. The maximum absolute atomic E-state index is 14.0. The highest BCUT2D eigenvalue weighted by atomic mass is 19.1. The Morgan fingerprint density at radius 3 is 2.34 bits per heavy atom. The van der Waals surface area contributed by atoms with Crippen LogP contribution in [0.2, 0.25) is 0 Å². The van der Waals surface area contributed by atoms with Gasteiger partial charge in [0.1, 0.15) is 5.82 Å². The Labute approximate surface area is 169 Å². The highest BCUT2D eigenvalue weighted by molar-refractivity contribution is 6.03. The lowest BCUT2D eigenvalue weighted by Crippen LogP contribution is -2.47. The van der Waals surface area contributed by atoms with Crippen LogP contribution in [-0.4, -0.2) is 42.1 Å². The predicted octanol–water partition coefficient (Wildman–Crippen LogP) is 3.50. The molecule has 2 aromatic carbocycles. The number of carbonyl (C=O) groups excluding carboxylic acids is 1. The molecule has 148 valence electrons. The van der Waals surface area contributed by atoms with Crippen LogP contribution in [0.4, 0.5) is 21.7 Å². The van der Waals surface area contributed by atoms with Crippen molar-refractivity contribution in [1.82, 2.24) is 9.97 Å². The van der Waals surface area contributed by atoms with E-state index in [1.54, 1.807) is 12.1 Å². The van der Waals surface area contributed by atoms with E-state index in [0.717, 1.165) is 11.3 Å². The molecule has 1 aliphatic heterocycles. The average Bonchev–Trinajstić information content (AvgIpc) is 2.74. The van der Waals surface area contributed by atoms with Crippen LogP contribution in [0.3, 0.4) is 0 Å². The number of nitrogens with one attached hydrogen (secondary N) is 1. The highest BCUT2D eigenvalue weighted by Crippen LogP contribution is 2.21. The van der Waals surface area contributed by atoms with Gasteiger partial charge in [-0.3, -0.25) is 4.79 Å². The SMILES string of the molecule is Cc1cccc(NC(=O)c2cnc(N3CCN(c4ccccc4F)CC3)nc2)c1. The summed E-state index contributed by atoms with van der Waals surface area (Å²) in [6, 6.07) is 14.4. The Bertz CT molecular complexity index is 1000. The highest BCUT2D eigenvalue weighted by Gasteiger charge is 2.21. The zero-order valence-corrected chi connectivity index (χ0v) is 16.2. The first-order valence-electron chi connectivity index (χ1n) is 9.54. The first-order chi connectivity index (χ1) is 14.1. The monoisotopic (exact) mass is 391 g/mol. The fourth-order valence-corrected chi connectivity index (χ4v) is 3.38. The number of para-hydroxylation sites is 1. The molecule has 1 N–H and O–H groups in total. The molecule has 1 amide bonds. The fraction of sp³-hybridized carbons (Fsp3) is 0.227. The molecule has 1 saturated heterocycles. The number of nitrogens with zero attached hydrogens (tertiary/aromatic N) is 4. The maximum atomic E-state index is 14.0. The lowest BCUT2D eigenvalue weighted by molar-refractivity contribution is 0.102. The summed E-state index contributed by atoms with van der Waals surface area (Å²) in [4.78, 5) is 25.2. The minimum Gasteiger partial charge on any atom is -0.366 e. The van der Waals surface area contributed by atoms with Crippen LogP contribution < -0.4 is 15.1 Å². The number of carbonyl (C=O) groups is 1. The summed E-state index contributed by atoms with van der Waals surface area (Å²) >= 11 is 0. The van der Waals surface area contributed by atoms with Crippen molar-refractivity contribution in [2.24, 2.45) is 0 Å². The number of benzene rings is 2. The third-order valence-electron chi connectivity index (χ3n) is 4.93. The van der Waals surface area contributed by atoms with Gasteiger partial charge in [0.2, 0.25) is 5.95 Å². The lowest BCUT2D eigenvalue weighted by Gasteiger charge is -2.36. The van der Waals surface area contributed by atoms with E-state index in [9.17, 15) is 9.18 Å². The average molecular weight is 391 g/mol. The summed E-state index contributed by atoms with van der Waals surface area (Å²) in [5.41, 5.74) is 2.84. The number of anilines is 3. The van der Waals surface area contributed by atoms with Crippen LogP contribution in [0.1, 0.15) is 15.9 Å². The van der Waals surface area contributed by atoms with Gasteiger partial charge in [-0.2, -0.15) is 0 Å². The Balaban J connectivity index is 1.37. The Hall–Kier alpha value is -3.48. The van der Waals surface area contributed by atoms with Crippen LogP contribution in [0.25, 0.3) is 0 Å². The zero-order valence-electron chi connectivity index (χ0n) is 16.2. The summed E-state index contributed by atoms with van der Waals surface area (Å²) in [5.74, 6) is 0.123. The summed E-state index contributed by atoms with van der Waals surface area (Å²) in [7, 11) is 0. The van der Waals surface area contributed by atoms with Gasteiger partial charge in [0.05, 0.1) is 11.3 Å². The molecule has 2 heterocycles. The number of amides is 1. The lowest BCUT2D eigenvalue weighted by atomic mass is 10.2. The molecule has 7 heteroatoms. The normalized spacial score (nSPS) is 14.0. The Kier molecular flexibility index (Phi) is 5.37. The molecule has 1 aromatic heterocycles. The topological polar surface area (TPSA) is 61.4 Å². The molecule has 0 spiro atoms. The third kappa shape index (κ3) is 4.34. The van der Waals surface area contributed by atoms with E-state index >= 15 is 0 Å². The van der Waals surface area contributed by atoms with E-state index in [2.05, 4.69) is 15.3 Å². The number of rotatable bonds is 4. The quantitative estimate of drug-likeness (QED) is 0.738. The first-order valence-corrected chi connectivity index (χ1v) is 9.54. The second kappa shape index (κ2) is 8.26. The molecule has 29 heavy (non-hydrogen) atoms. The van der Waals surface area contributed by atoms with Crippen molar-refractivity contribution >= 4 is 23.2 Å². The molecule has 0 atom stereocenters. The standard InChI is InChI=1S/C22H22FN5O/c1-16-5-4-6-18(13-16)26-21(29)17-14-24-22(25-15-17)28-11-9-27(10-12-28)20-8-3-2-7-19(20)23/h2-8,13-15H,9-12H2,1H3,(H,26,29). The van der Waals surface area contributed by atoms with E-state index in [-0.39, 0.29) is 11.7 Å². The van der Waals surface area contributed by atoms with Gasteiger partial charge in [-0.25, -0.2) is 14.4 Å². The molecule has 0 aliphatic carbocycles. The molecular formula is C22H22FN5O. The molecule has 6 nitrogen and oxygen atoms in total. The maximum Gasteiger partial charge on any atom is 0.258 e. The second-order valence-electron chi connectivity index (χ2n) is 7.02. The van der Waals surface area contributed by atoms with Crippen LogP contribution in [0, 0.1) is 12.7 Å². The summed E-state index contributed by atoms with van der Waals surface area (Å²) in [6.45, 7) is 4.70. The second-order valence-corrected chi connectivity index (χ2v) is 7.02. The molecule has 0 radical (unpaired) electrons. The van der Waals surface area contributed by atoms with Gasteiger partial charge in [-0.15, -0.1) is 0 Å². The van der Waals surface area contributed by atoms with Gasteiger partial charge >= 0.3 is 0 Å². The van der Waals surface area contributed by atoms with E-state index in [4.69, 9.17) is 0 Å². The molecule has 0 saturated carbocycles. The first kappa shape index (κ1) is 18.9. The van der Waals surface area contributed by atoms with E-state index in [1.807, 2.05) is 47.1 Å². The van der Waals surface area contributed by atoms with E-state index in [0.29, 0.717) is 43.4 Å². The molecule has 0 unspecified atom stereocenters. The van der Waals surface area contributed by atoms with Crippen molar-refractivity contribution in [3.05, 3.63) is 77.9 Å². The Morgan fingerprint density at radius 1 is 0.966 bits per heavy atom.